The van der Waals surface area contributed by atoms with E-state index in [1.54, 1.807) is 24.4 Å². The Kier molecular flexibility index (Phi) is 4.81. The van der Waals surface area contributed by atoms with Gasteiger partial charge in [0.25, 0.3) is 5.91 Å². The molecule has 0 fully saturated rings. The molecule has 0 bridgehead atoms. The maximum Gasteiger partial charge on any atom is 0.258 e. The van der Waals surface area contributed by atoms with Gasteiger partial charge < -0.3 is 5.32 Å². The number of nitrogens with zero attached hydrogens (tertiary/aromatic N) is 1. The number of carbonyl (C=O) groups is 1. The normalized spacial score (nSPS) is 10.3. The van der Waals surface area contributed by atoms with Crippen LogP contribution in [-0.2, 0) is 0 Å². The van der Waals surface area contributed by atoms with E-state index in [0.717, 1.165) is 13.6 Å². The number of anilines is 1. The van der Waals surface area contributed by atoms with Crippen molar-refractivity contribution in [1.82, 2.24) is 4.98 Å². The molecule has 0 aliphatic carbocycles. The maximum absolute atomic E-state index is 12.2. The fourth-order valence-electron chi connectivity index (χ4n) is 1.52. The first-order chi connectivity index (χ1) is 8.97. The minimum absolute atomic E-state index is 0.275. The van der Waals surface area contributed by atoms with Gasteiger partial charge in [0.1, 0.15) is 5.82 Å². The summed E-state index contributed by atoms with van der Waals surface area (Å²) in [7, 11) is 0. The lowest BCUT2D eigenvalue weighted by Crippen LogP contribution is -2.14. The van der Waals surface area contributed by atoms with Gasteiger partial charge in [0.2, 0.25) is 0 Å². The minimum Gasteiger partial charge on any atom is -0.306 e. The minimum atomic E-state index is -0.275. The summed E-state index contributed by atoms with van der Waals surface area (Å²) in [4.78, 5) is 16.4. The van der Waals surface area contributed by atoms with Gasteiger partial charge in [-0.2, -0.15) is 0 Å². The number of hydrogen-bond acceptors (Lipinski definition) is 2. The van der Waals surface area contributed by atoms with Gasteiger partial charge in [0.05, 0.1) is 10.6 Å². The fourth-order valence-corrected chi connectivity index (χ4v) is 2.69. The smallest absolute Gasteiger partial charge is 0.258 e. The molecule has 0 aliphatic rings. The number of aryl methyl sites for hydroxylation is 1. The van der Waals surface area contributed by atoms with Crippen molar-refractivity contribution in [3.63, 3.8) is 0 Å². The number of hydrogen-bond donors (Lipinski definition) is 1. The van der Waals surface area contributed by atoms with E-state index in [1.165, 1.54) is 0 Å². The van der Waals surface area contributed by atoms with Gasteiger partial charge in [-0.05, 0) is 59.3 Å². The Bertz CT molecular complexity index is 649. The molecule has 0 radical (unpaired) electrons. The van der Waals surface area contributed by atoms with Crippen LogP contribution in [-0.4, -0.2) is 10.9 Å². The number of carbonyl (C=O) groups excluding carboxylic acids is 1. The predicted molar refractivity (Wildman–Crippen MR) is 88.8 cm³/mol. The highest BCUT2D eigenvalue weighted by molar-refractivity contribution is 14.1. The van der Waals surface area contributed by atoms with E-state index >= 15 is 0 Å². The van der Waals surface area contributed by atoms with Crippen LogP contribution >= 0.6 is 50.1 Å². The third kappa shape index (κ3) is 3.67. The highest BCUT2D eigenvalue weighted by Gasteiger charge is 2.13. The summed E-state index contributed by atoms with van der Waals surface area (Å²) >= 11 is 11.5. The van der Waals surface area contributed by atoms with E-state index < -0.39 is 0 Å². The molecule has 0 unspecified atom stereocenters. The summed E-state index contributed by atoms with van der Waals surface area (Å²) < 4.78 is 1.82. The third-order valence-corrected chi connectivity index (χ3v) is 3.86. The van der Waals surface area contributed by atoms with E-state index in [1.807, 2.05) is 13.0 Å². The van der Waals surface area contributed by atoms with Crippen molar-refractivity contribution in [3.8, 4) is 0 Å². The number of aromatic nitrogens is 1. The highest BCUT2D eigenvalue weighted by atomic mass is 127. The lowest BCUT2D eigenvalue weighted by atomic mass is 10.2. The van der Waals surface area contributed by atoms with Gasteiger partial charge in [-0.25, -0.2) is 4.98 Å². The Hall–Kier alpha value is -0.660. The molecule has 0 atom stereocenters. The van der Waals surface area contributed by atoms with Crippen LogP contribution in [0.3, 0.4) is 0 Å². The van der Waals surface area contributed by atoms with E-state index in [4.69, 9.17) is 11.6 Å². The zero-order valence-corrected chi connectivity index (χ0v) is 14.4. The Morgan fingerprint density at radius 2 is 2.16 bits per heavy atom. The Balaban J connectivity index is 2.28. The van der Waals surface area contributed by atoms with Crippen molar-refractivity contribution in [2.24, 2.45) is 0 Å². The number of amides is 1. The average molecular weight is 451 g/mol. The van der Waals surface area contributed by atoms with E-state index in [9.17, 15) is 4.79 Å². The van der Waals surface area contributed by atoms with Gasteiger partial charge in [0.15, 0.2) is 0 Å². The van der Waals surface area contributed by atoms with Crippen LogP contribution in [0.5, 0.6) is 0 Å². The Morgan fingerprint density at radius 1 is 1.42 bits per heavy atom. The largest absolute Gasteiger partial charge is 0.306 e. The van der Waals surface area contributed by atoms with Crippen LogP contribution in [0.25, 0.3) is 0 Å². The summed E-state index contributed by atoms with van der Waals surface area (Å²) in [6, 6.07) is 7.09. The van der Waals surface area contributed by atoms with Gasteiger partial charge in [0, 0.05) is 14.2 Å². The van der Waals surface area contributed by atoms with Crippen LogP contribution in [0.2, 0.25) is 5.02 Å². The molecule has 0 spiro atoms. The van der Waals surface area contributed by atoms with Crippen LogP contribution in [0, 0.1) is 10.5 Å². The van der Waals surface area contributed by atoms with Crippen molar-refractivity contribution in [2.75, 3.05) is 5.32 Å². The molecule has 98 valence electrons. The van der Waals surface area contributed by atoms with Gasteiger partial charge in [-0.3, -0.25) is 4.79 Å². The van der Waals surface area contributed by atoms with E-state index in [-0.39, 0.29) is 5.91 Å². The molecule has 0 saturated carbocycles. The molecule has 3 nitrogen and oxygen atoms in total. The molecule has 1 aromatic carbocycles. The molecule has 19 heavy (non-hydrogen) atoms. The van der Waals surface area contributed by atoms with Gasteiger partial charge >= 0.3 is 0 Å². The molecule has 2 rings (SSSR count). The zero-order chi connectivity index (χ0) is 14.0. The Morgan fingerprint density at radius 3 is 2.84 bits per heavy atom. The molecule has 1 aromatic heterocycles. The molecule has 1 N–H and O–H groups in total. The fraction of sp³-hybridized carbons (Fsp3) is 0.0769. The summed E-state index contributed by atoms with van der Waals surface area (Å²) in [5.41, 5.74) is 1.32. The lowest BCUT2D eigenvalue weighted by Gasteiger charge is -2.09. The second-order valence-electron chi connectivity index (χ2n) is 3.90. The van der Waals surface area contributed by atoms with Crippen LogP contribution in [0.15, 0.2) is 34.9 Å². The number of nitrogens with one attached hydrogen (secondary N) is 1. The predicted octanol–water partition coefficient (Wildman–Crippen LogP) is 4.66. The average Bonchev–Trinajstić information content (AvgIpc) is 2.35. The topological polar surface area (TPSA) is 42.0 Å². The summed E-state index contributed by atoms with van der Waals surface area (Å²) in [6.45, 7) is 1.90. The molecule has 2 aromatic rings. The zero-order valence-electron chi connectivity index (χ0n) is 9.88. The van der Waals surface area contributed by atoms with Crippen LogP contribution in [0.1, 0.15) is 15.9 Å². The van der Waals surface area contributed by atoms with E-state index in [2.05, 4.69) is 48.8 Å². The number of rotatable bonds is 2. The molecule has 6 heteroatoms. The lowest BCUT2D eigenvalue weighted by molar-refractivity contribution is 0.102. The highest BCUT2D eigenvalue weighted by Crippen LogP contribution is 2.22. The first-order valence-electron chi connectivity index (χ1n) is 5.36. The molecule has 1 heterocycles. The van der Waals surface area contributed by atoms with Crippen molar-refractivity contribution in [2.45, 2.75) is 6.92 Å². The monoisotopic (exact) mass is 450 g/mol. The van der Waals surface area contributed by atoms with Crippen molar-refractivity contribution in [1.29, 1.82) is 0 Å². The van der Waals surface area contributed by atoms with E-state index in [0.29, 0.717) is 16.4 Å². The SMILES string of the molecule is Cc1cc(I)cnc1NC(=O)c1cc(Br)ccc1Cl. The molecule has 0 saturated heterocycles. The standard InChI is InChI=1S/C13H9BrClIN2O/c1-7-4-9(16)6-17-12(7)18-13(19)10-5-8(14)2-3-11(10)15/h2-6H,1H3,(H,17,18,19). The second-order valence-corrected chi connectivity index (χ2v) is 6.47. The first kappa shape index (κ1) is 14.7. The molecular weight excluding hydrogens is 442 g/mol. The molecule has 1 amide bonds. The molecule has 0 aliphatic heterocycles. The quantitative estimate of drug-likeness (QED) is 0.675. The maximum atomic E-state index is 12.2. The Labute approximate surface area is 138 Å². The van der Waals surface area contributed by atoms with Crippen LogP contribution in [0.4, 0.5) is 5.82 Å². The third-order valence-electron chi connectivity index (χ3n) is 2.45. The number of benzene rings is 1. The van der Waals surface area contributed by atoms with Gasteiger partial charge in [-0.15, -0.1) is 0 Å². The van der Waals surface area contributed by atoms with Gasteiger partial charge in [-0.1, -0.05) is 27.5 Å². The summed E-state index contributed by atoms with van der Waals surface area (Å²) in [6.07, 6.45) is 1.70. The van der Waals surface area contributed by atoms with Crippen molar-refractivity contribution < 1.29 is 4.79 Å². The number of pyridine rings is 1. The number of halogens is 3. The first-order valence-corrected chi connectivity index (χ1v) is 7.61. The second kappa shape index (κ2) is 6.19. The summed E-state index contributed by atoms with van der Waals surface area (Å²) in [5, 5.41) is 3.17. The van der Waals surface area contributed by atoms with Crippen LogP contribution < -0.4 is 5.32 Å². The summed E-state index contributed by atoms with van der Waals surface area (Å²) in [5.74, 6) is 0.268. The van der Waals surface area contributed by atoms with Crippen molar-refractivity contribution in [3.05, 3.63) is 54.7 Å². The van der Waals surface area contributed by atoms with Crippen molar-refractivity contribution >= 4 is 61.8 Å². The molecular formula is C13H9BrClIN2O.